The molecule has 0 unspecified atom stereocenters. The van der Waals surface area contributed by atoms with Gasteiger partial charge in [0.25, 0.3) is 0 Å². The van der Waals surface area contributed by atoms with Gasteiger partial charge in [0.05, 0.1) is 0 Å². The van der Waals surface area contributed by atoms with E-state index >= 15 is 0 Å². The molecule has 0 aromatic heterocycles. The van der Waals surface area contributed by atoms with E-state index in [0.29, 0.717) is 0 Å². The Bertz CT molecular complexity index is 3010. The summed E-state index contributed by atoms with van der Waals surface area (Å²) in [5.41, 5.74) is 12.0. The van der Waals surface area contributed by atoms with E-state index in [-0.39, 0.29) is 0 Å². The molecule has 2 heteroatoms. The molecule has 2 heterocycles. The molecule has 2 aliphatic heterocycles. The molecule has 0 fully saturated rings. The average molecular weight is 687 g/mol. The number of hydrogen-bond acceptors (Lipinski definition) is 2. The van der Waals surface area contributed by atoms with E-state index in [1.54, 1.807) is 0 Å². The number of rotatable bonds is 3. The molecular formula is C52H30O2. The number of hydrogen-bond donors (Lipinski definition) is 0. The van der Waals surface area contributed by atoms with Crippen LogP contribution in [-0.2, 0) is 0 Å². The highest BCUT2D eigenvalue weighted by Gasteiger charge is 2.24. The molecule has 0 atom stereocenters. The van der Waals surface area contributed by atoms with Gasteiger partial charge in [0.1, 0.15) is 23.0 Å². The van der Waals surface area contributed by atoms with Gasteiger partial charge in [-0.3, -0.25) is 0 Å². The van der Waals surface area contributed by atoms with Gasteiger partial charge in [0, 0.05) is 21.9 Å². The normalized spacial score (nSPS) is 12.4. The first-order valence-electron chi connectivity index (χ1n) is 18.5. The first-order valence-corrected chi connectivity index (χ1v) is 18.5. The number of ether oxygens (including phenoxy) is 2. The van der Waals surface area contributed by atoms with E-state index in [1.807, 2.05) is 12.1 Å². The first-order chi connectivity index (χ1) is 26.8. The summed E-state index contributed by atoms with van der Waals surface area (Å²) in [5.74, 6) is 3.62. The second-order valence-corrected chi connectivity index (χ2v) is 14.3. The Balaban J connectivity index is 1.04. The zero-order chi connectivity index (χ0) is 35.3. The van der Waals surface area contributed by atoms with Crippen molar-refractivity contribution >= 4 is 43.1 Å². The van der Waals surface area contributed by atoms with Crippen molar-refractivity contribution in [3.63, 3.8) is 0 Å². The van der Waals surface area contributed by atoms with Gasteiger partial charge in [-0.2, -0.15) is 0 Å². The average Bonchev–Trinajstić information content (AvgIpc) is 3.24. The Labute approximate surface area is 312 Å². The van der Waals surface area contributed by atoms with Crippen LogP contribution in [-0.4, -0.2) is 0 Å². The summed E-state index contributed by atoms with van der Waals surface area (Å²) in [4.78, 5) is 0. The van der Waals surface area contributed by atoms with Gasteiger partial charge in [-0.25, -0.2) is 0 Å². The summed E-state index contributed by atoms with van der Waals surface area (Å²) >= 11 is 0. The van der Waals surface area contributed by atoms with Gasteiger partial charge in [0.15, 0.2) is 0 Å². The second-order valence-electron chi connectivity index (χ2n) is 14.3. The predicted molar refractivity (Wildman–Crippen MR) is 224 cm³/mol. The van der Waals surface area contributed by atoms with Crippen molar-refractivity contribution in [3.8, 4) is 78.6 Å². The molecule has 0 amide bonds. The molecule has 0 saturated heterocycles. The van der Waals surface area contributed by atoms with E-state index in [9.17, 15) is 0 Å². The fourth-order valence-electron chi connectivity index (χ4n) is 9.17. The molecule has 250 valence electrons. The van der Waals surface area contributed by atoms with Crippen LogP contribution >= 0.6 is 0 Å². The Morgan fingerprint density at radius 3 is 0.889 bits per heavy atom. The van der Waals surface area contributed by atoms with E-state index in [2.05, 4.69) is 170 Å². The van der Waals surface area contributed by atoms with E-state index < -0.39 is 0 Å². The second kappa shape index (κ2) is 11.2. The van der Waals surface area contributed by atoms with Crippen molar-refractivity contribution in [2.45, 2.75) is 0 Å². The largest absolute Gasteiger partial charge is 0.456 e. The summed E-state index contributed by atoms with van der Waals surface area (Å²) in [6.45, 7) is 0. The third-order valence-electron chi connectivity index (χ3n) is 11.5. The van der Waals surface area contributed by atoms with Gasteiger partial charge in [-0.15, -0.1) is 0 Å². The van der Waals surface area contributed by atoms with Gasteiger partial charge >= 0.3 is 0 Å². The van der Waals surface area contributed by atoms with Crippen LogP contribution in [0, 0.1) is 0 Å². The minimum Gasteiger partial charge on any atom is -0.456 e. The lowest BCUT2D eigenvalue weighted by atomic mass is 9.85. The molecule has 10 aromatic rings. The van der Waals surface area contributed by atoms with Gasteiger partial charge in [0.2, 0.25) is 0 Å². The van der Waals surface area contributed by atoms with Crippen molar-refractivity contribution in [2.75, 3.05) is 0 Å². The number of benzene rings is 10. The molecule has 0 bridgehead atoms. The van der Waals surface area contributed by atoms with Crippen LogP contribution in [0.5, 0.6) is 23.0 Å². The van der Waals surface area contributed by atoms with Crippen LogP contribution in [0.15, 0.2) is 182 Å². The third-order valence-corrected chi connectivity index (χ3v) is 11.5. The standard InChI is InChI=1S/C52H30O2/c1-3-13-33-31(11-1)35(23-25-37(33)39-27-29-49-51-43(39)17-9-19-45(51)41-15-5-7-21-47(41)53-49)36-24-26-38(34-14-4-2-12-32(34)36)40-28-30-50-52-44(40)18-10-20-46(52)42-16-6-8-22-48(42)54-50/h1-30H. The van der Waals surface area contributed by atoms with Crippen LogP contribution in [0.2, 0.25) is 0 Å². The summed E-state index contributed by atoms with van der Waals surface area (Å²) in [7, 11) is 0. The van der Waals surface area contributed by atoms with Crippen LogP contribution in [0.4, 0.5) is 0 Å². The molecule has 10 aromatic carbocycles. The Morgan fingerprint density at radius 1 is 0.185 bits per heavy atom. The van der Waals surface area contributed by atoms with Crippen LogP contribution in [0.25, 0.3) is 98.7 Å². The summed E-state index contributed by atoms with van der Waals surface area (Å²) in [6, 6.07) is 65.6. The SMILES string of the molecule is c1ccc2c(c1)Oc1ccc(-c3ccc(-c4ccc(-c5ccc6c7c(cccc57)-c5ccccc5O6)c5ccccc45)c4ccccc34)c3cccc-2c13. The lowest BCUT2D eigenvalue weighted by Gasteiger charge is -2.23. The first kappa shape index (κ1) is 29.4. The fraction of sp³-hybridized carbons (Fsp3) is 0. The molecule has 0 spiro atoms. The summed E-state index contributed by atoms with van der Waals surface area (Å²) in [5, 5.41) is 9.63. The van der Waals surface area contributed by atoms with Crippen molar-refractivity contribution in [2.24, 2.45) is 0 Å². The van der Waals surface area contributed by atoms with Gasteiger partial charge in [-0.05, 0) is 101 Å². The highest BCUT2D eigenvalue weighted by atomic mass is 16.5. The van der Waals surface area contributed by atoms with E-state index in [1.165, 1.54) is 76.8 Å². The van der Waals surface area contributed by atoms with Gasteiger partial charge in [-0.1, -0.05) is 158 Å². The molecule has 0 aliphatic carbocycles. The van der Waals surface area contributed by atoms with Crippen LogP contribution < -0.4 is 9.47 Å². The van der Waals surface area contributed by atoms with Gasteiger partial charge < -0.3 is 9.47 Å². The maximum Gasteiger partial charge on any atom is 0.135 e. The van der Waals surface area contributed by atoms with Crippen LogP contribution in [0.3, 0.4) is 0 Å². The summed E-state index contributed by atoms with van der Waals surface area (Å²) in [6.07, 6.45) is 0. The minimum atomic E-state index is 0.905. The maximum atomic E-state index is 6.44. The zero-order valence-corrected chi connectivity index (χ0v) is 29.1. The molecule has 0 saturated carbocycles. The topological polar surface area (TPSA) is 18.5 Å². The molecule has 12 rings (SSSR count). The Morgan fingerprint density at radius 2 is 0.481 bits per heavy atom. The predicted octanol–water partition coefficient (Wildman–Crippen LogP) is 14.8. The quantitative estimate of drug-likeness (QED) is 0.184. The molecule has 54 heavy (non-hydrogen) atoms. The number of fused-ring (bicyclic) bond motifs is 6. The van der Waals surface area contributed by atoms with Crippen molar-refractivity contribution in [3.05, 3.63) is 182 Å². The Hall–Kier alpha value is -7.16. The van der Waals surface area contributed by atoms with Crippen molar-refractivity contribution < 1.29 is 9.47 Å². The zero-order valence-electron chi connectivity index (χ0n) is 29.1. The molecule has 0 radical (unpaired) electrons. The minimum absolute atomic E-state index is 0.905. The molecule has 0 N–H and O–H groups in total. The lowest BCUT2D eigenvalue weighted by molar-refractivity contribution is 0.487. The van der Waals surface area contributed by atoms with E-state index in [4.69, 9.17) is 9.47 Å². The van der Waals surface area contributed by atoms with E-state index in [0.717, 1.165) is 44.9 Å². The highest BCUT2D eigenvalue weighted by Crippen LogP contribution is 2.51. The van der Waals surface area contributed by atoms with Crippen molar-refractivity contribution in [1.29, 1.82) is 0 Å². The summed E-state index contributed by atoms with van der Waals surface area (Å²) < 4.78 is 12.9. The maximum absolute atomic E-state index is 6.44. The number of para-hydroxylation sites is 2. The monoisotopic (exact) mass is 686 g/mol. The third kappa shape index (κ3) is 4.11. The van der Waals surface area contributed by atoms with Crippen molar-refractivity contribution in [1.82, 2.24) is 0 Å². The fourth-order valence-corrected chi connectivity index (χ4v) is 9.17. The highest BCUT2D eigenvalue weighted by molar-refractivity contribution is 6.18. The molecule has 2 nitrogen and oxygen atoms in total. The van der Waals surface area contributed by atoms with Crippen LogP contribution in [0.1, 0.15) is 0 Å². The molecule has 2 aliphatic rings. The smallest absolute Gasteiger partial charge is 0.135 e. The lowest BCUT2D eigenvalue weighted by Crippen LogP contribution is -1.98. The molecular weight excluding hydrogens is 657 g/mol. The Kier molecular flexibility index (Phi) is 6.09.